The zero-order valence-corrected chi connectivity index (χ0v) is 11.8. The van der Waals surface area contributed by atoms with Crippen LogP contribution in [0.15, 0.2) is 18.2 Å². The molecule has 0 bridgehead atoms. The average Bonchev–Trinajstić information content (AvgIpc) is 2.39. The van der Waals surface area contributed by atoms with Crippen molar-refractivity contribution in [2.45, 2.75) is 13.0 Å². The van der Waals surface area contributed by atoms with Crippen molar-refractivity contribution in [3.05, 3.63) is 23.8 Å². The number of carbonyl (C=O) groups is 1. The quantitative estimate of drug-likeness (QED) is 0.666. The molecule has 0 fully saturated rings. The molecule has 0 aliphatic carbocycles. The van der Waals surface area contributed by atoms with E-state index in [1.54, 1.807) is 0 Å². The van der Waals surface area contributed by atoms with Crippen molar-refractivity contribution in [1.82, 2.24) is 0 Å². The minimum atomic E-state index is -0.604. The summed E-state index contributed by atoms with van der Waals surface area (Å²) in [5.41, 5.74) is 2.46. The van der Waals surface area contributed by atoms with E-state index in [1.165, 1.54) is 7.11 Å². The lowest BCUT2D eigenvalue weighted by molar-refractivity contribution is -0.119. The van der Waals surface area contributed by atoms with E-state index in [4.69, 9.17) is 16.3 Å². The molecule has 1 unspecified atom stereocenters. The van der Waals surface area contributed by atoms with Gasteiger partial charge in [-0.15, -0.1) is 11.6 Å². The monoisotopic (exact) mass is 286 g/mol. The molecule has 0 saturated carbocycles. The van der Waals surface area contributed by atoms with Gasteiger partial charge in [0, 0.05) is 25.0 Å². The summed E-state index contributed by atoms with van der Waals surface area (Å²) in [4.78, 5) is 11.5. The maximum Gasteiger partial charge on any atom is 0.250 e. The summed E-state index contributed by atoms with van der Waals surface area (Å²) in [6, 6.07) is 5.51. The Labute approximate surface area is 117 Å². The van der Waals surface area contributed by atoms with Gasteiger partial charge in [0.1, 0.15) is 6.61 Å². The largest absolute Gasteiger partial charge is 0.390 e. The number of alkyl halides is 1. The number of amides is 1. The molecule has 0 saturated heterocycles. The molecule has 1 atom stereocenters. The Bertz CT molecular complexity index is 426. The van der Waals surface area contributed by atoms with Crippen LogP contribution in [0.1, 0.15) is 5.56 Å². The van der Waals surface area contributed by atoms with Crippen LogP contribution >= 0.6 is 11.6 Å². The summed E-state index contributed by atoms with van der Waals surface area (Å²) in [7, 11) is 1.47. The third-order valence-electron chi connectivity index (χ3n) is 2.59. The van der Waals surface area contributed by atoms with Crippen LogP contribution in [0.3, 0.4) is 0 Å². The predicted octanol–water partition coefficient (Wildman–Crippen LogP) is 1.59. The first-order valence-corrected chi connectivity index (χ1v) is 6.48. The Hall–Kier alpha value is -1.30. The second-order valence-corrected chi connectivity index (χ2v) is 4.46. The lowest BCUT2D eigenvalue weighted by Crippen LogP contribution is -2.22. The van der Waals surface area contributed by atoms with Crippen molar-refractivity contribution < 1.29 is 14.6 Å². The number of methoxy groups -OCH3 is 1. The molecule has 3 N–H and O–H groups in total. The standard InChI is InChI=1S/C13H19ClN2O3/c1-9-11(15-7-10(17)6-14)4-3-5-12(9)16-13(18)8-19-2/h3-5,10,15,17H,6-8H2,1-2H3,(H,16,18). The zero-order chi connectivity index (χ0) is 14.3. The van der Waals surface area contributed by atoms with E-state index < -0.39 is 6.10 Å². The van der Waals surface area contributed by atoms with Crippen LogP contribution < -0.4 is 10.6 Å². The zero-order valence-electron chi connectivity index (χ0n) is 11.1. The van der Waals surface area contributed by atoms with Gasteiger partial charge >= 0.3 is 0 Å². The Morgan fingerprint density at radius 1 is 1.47 bits per heavy atom. The van der Waals surface area contributed by atoms with Crippen LogP contribution in [0, 0.1) is 6.92 Å². The molecule has 0 aliphatic rings. The molecule has 5 nitrogen and oxygen atoms in total. The molecular weight excluding hydrogens is 268 g/mol. The highest BCUT2D eigenvalue weighted by Crippen LogP contribution is 2.23. The minimum absolute atomic E-state index is 0.0159. The number of ether oxygens (including phenoxy) is 1. The molecule has 6 heteroatoms. The molecule has 1 rings (SSSR count). The summed E-state index contributed by atoms with van der Waals surface area (Å²) < 4.78 is 4.76. The van der Waals surface area contributed by atoms with E-state index in [1.807, 2.05) is 25.1 Å². The number of hydrogen-bond acceptors (Lipinski definition) is 4. The highest BCUT2D eigenvalue weighted by Gasteiger charge is 2.08. The Morgan fingerprint density at radius 3 is 2.79 bits per heavy atom. The predicted molar refractivity (Wildman–Crippen MR) is 76.9 cm³/mol. The van der Waals surface area contributed by atoms with Crippen molar-refractivity contribution in [2.24, 2.45) is 0 Å². The van der Waals surface area contributed by atoms with Crippen molar-refractivity contribution in [1.29, 1.82) is 0 Å². The van der Waals surface area contributed by atoms with Gasteiger partial charge in [0.25, 0.3) is 0 Å². The topological polar surface area (TPSA) is 70.6 Å². The fraction of sp³-hybridized carbons (Fsp3) is 0.462. The van der Waals surface area contributed by atoms with Crippen molar-refractivity contribution in [2.75, 3.05) is 36.8 Å². The molecule has 0 spiro atoms. The van der Waals surface area contributed by atoms with Crippen LogP contribution in [0.4, 0.5) is 11.4 Å². The smallest absolute Gasteiger partial charge is 0.250 e. The van der Waals surface area contributed by atoms with Crippen molar-refractivity contribution in [3.8, 4) is 0 Å². The summed E-state index contributed by atoms with van der Waals surface area (Å²) in [6.45, 7) is 2.26. The van der Waals surface area contributed by atoms with Gasteiger partial charge in [-0.1, -0.05) is 6.07 Å². The van der Waals surface area contributed by atoms with Crippen LogP contribution in [0.5, 0.6) is 0 Å². The number of carbonyl (C=O) groups excluding carboxylic acids is 1. The number of aliphatic hydroxyl groups is 1. The Kier molecular flexibility index (Phi) is 6.62. The second kappa shape index (κ2) is 7.99. The van der Waals surface area contributed by atoms with Gasteiger partial charge in [0.2, 0.25) is 5.91 Å². The van der Waals surface area contributed by atoms with Gasteiger partial charge in [-0.3, -0.25) is 4.79 Å². The van der Waals surface area contributed by atoms with Gasteiger partial charge in [0.05, 0.1) is 12.0 Å². The van der Waals surface area contributed by atoms with Gasteiger partial charge < -0.3 is 20.5 Å². The number of benzene rings is 1. The molecule has 0 radical (unpaired) electrons. The third-order valence-corrected chi connectivity index (χ3v) is 2.95. The molecule has 1 aromatic carbocycles. The molecular formula is C13H19ClN2O3. The SMILES string of the molecule is COCC(=O)Nc1cccc(NCC(O)CCl)c1C. The number of halogens is 1. The normalized spacial score (nSPS) is 12.0. The minimum Gasteiger partial charge on any atom is -0.390 e. The molecule has 106 valence electrons. The van der Waals surface area contributed by atoms with Gasteiger partial charge in [0.15, 0.2) is 0 Å². The fourth-order valence-electron chi connectivity index (χ4n) is 1.56. The summed E-state index contributed by atoms with van der Waals surface area (Å²) in [6.07, 6.45) is -0.604. The summed E-state index contributed by atoms with van der Waals surface area (Å²) in [5.74, 6) is -0.0282. The first-order valence-electron chi connectivity index (χ1n) is 5.94. The molecule has 1 amide bonds. The lowest BCUT2D eigenvalue weighted by atomic mass is 10.1. The average molecular weight is 287 g/mol. The van der Waals surface area contributed by atoms with Crippen LogP contribution in [-0.2, 0) is 9.53 Å². The molecule has 0 aliphatic heterocycles. The molecule has 0 heterocycles. The van der Waals surface area contributed by atoms with Crippen LogP contribution in [-0.4, -0.2) is 43.3 Å². The fourth-order valence-corrected chi connectivity index (χ4v) is 1.67. The van der Waals surface area contributed by atoms with E-state index >= 15 is 0 Å². The van der Waals surface area contributed by atoms with Gasteiger partial charge in [-0.25, -0.2) is 0 Å². The maximum absolute atomic E-state index is 11.5. The van der Waals surface area contributed by atoms with E-state index in [-0.39, 0.29) is 18.4 Å². The third kappa shape index (κ3) is 5.06. The highest BCUT2D eigenvalue weighted by atomic mass is 35.5. The van der Waals surface area contributed by atoms with E-state index in [2.05, 4.69) is 10.6 Å². The first kappa shape index (κ1) is 15.8. The molecule has 1 aromatic rings. The van der Waals surface area contributed by atoms with Crippen LogP contribution in [0.25, 0.3) is 0 Å². The molecule has 19 heavy (non-hydrogen) atoms. The summed E-state index contributed by atoms with van der Waals surface area (Å²) in [5, 5.41) is 15.3. The lowest BCUT2D eigenvalue weighted by Gasteiger charge is -2.15. The van der Waals surface area contributed by atoms with Crippen LogP contribution in [0.2, 0.25) is 0 Å². The van der Waals surface area contributed by atoms with Crippen molar-refractivity contribution >= 4 is 28.9 Å². The van der Waals surface area contributed by atoms with Gasteiger partial charge in [-0.2, -0.15) is 0 Å². The highest BCUT2D eigenvalue weighted by molar-refractivity contribution is 6.18. The van der Waals surface area contributed by atoms with E-state index in [0.717, 1.165) is 11.3 Å². The number of hydrogen-bond donors (Lipinski definition) is 3. The Balaban J connectivity index is 2.71. The number of anilines is 2. The maximum atomic E-state index is 11.5. The first-order chi connectivity index (χ1) is 9.08. The van der Waals surface area contributed by atoms with Gasteiger partial charge in [-0.05, 0) is 24.6 Å². The summed E-state index contributed by atoms with van der Waals surface area (Å²) >= 11 is 5.53. The second-order valence-electron chi connectivity index (χ2n) is 4.15. The number of rotatable bonds is 7. The van der Waals surface area contributed by atoms with E-state index in [0.29, 0.717) is 12.2 Å². The number of aliphatic hydroxyl groups excluding tert-OH is 1. The number of nitrogens with one attached hydrogen (secondary N) is 2. The van der Waals surface area contributed by atoms with Crippen molar-refractivity contribution in [3.63, 3.8) is 0 Å². The Morgan fingerprint density at radius 2 is 2.16 bits per heavy atom. The molecule has 0 aromatic heterocycles. The van der Waals surface area contributed by atoms with E-state index in [9.17, 15) is 9.90 Å².